The van der Waals surface area contributed by atoms with Crippen LogP contribution in [-0.2, 0) is 0 Å². The van der Waals surface area contributed by atoms with Crippen molar-refractivity contribution in [1.82, 2.24) is 14.8 Å². The molecule has 4 rings (SSSR count). The van der Waals surface area contributed by atoms with Crippen molar-refractivity contribution in [2.45, 2.75) is 26.3 Å². The van der Waals surface area contributed by atoms with Crippen molar-refractivity contribution in [3.8, 4) is 17.1 Å². The molecule has 1 saturated heterocycles. The van der Waals surface area contributed by atoms with Crippen LogP contribution in [0.1, 0.15) is 26.3 Å². The number of methoxy groups -OCH3 is 1. The van der Waals surface area contributed by atoms with Crippen molar-refractivity contribution in [3.63, 3.8) is 0 Å². The Labute approximate surface area is 176 Å². The second-order valence-corrected chi connectivity index (χ2v) is 7.70. The number of piperazine rings is 1. The van der Waals surface area contributed by atoms with E-state index in [9.17, 15) is 4.79 Å². The SMILES string of the molecule is CCC(C)n1nc(-c2ccc(N3CCN(c4ccc(OC)cc4)CC3)cc2)[nH]c1=O. The van der Waals surface area contributed by atoms with Crippen LogP contribution in [0, 0.1) is 0 Å². The first-order valence-corrected chi connectivity index (χ1v) is 10.5. The molecule has 1 aliphatic rings. The summed E-state index contributed by atoms with van der Waals surface area (Å²) in [5.74, 6) is 1.50. The molecule has 158 valence electrons. The number of aromatic amines is 1. The third kappa shape index (κ3) is 4.06. The monoisotopic (exact) mass is 407 g/mol. The van der Waals surface area contributed by atoms with Crippen LogP contribution in [0.25, 0.3) is 11.4 Å². The molecule has 1 fully saturated rings. The second-order valence-electron chi connectivity index (χ2n) is 7.70. The average molecular weight is 408 g/mol. The normalized spacial score (nSPS) is 15.3. The minimum atomic E-state index is -0.155. The van der Waals surface area contributed by atoms with E-state index in [0.29, 0.717) is 5.82 Å². The van der Waals surface area contributed by atoms with E-state index in [-0.39, 0.29) is 11.7 Å². The lowest BCUT2D eigenvalue weighted by Gasteiger charge is -2.37. The van der Waals surface area contributed by atoms with E-state index in [0.717, 1.165) is 43.9 Å². The second kappa shape index (κ2) is 8.65. The number of hydrogen-bond donors (Lipinski definition) is 1. The number of nitrogens with one attached hydrogen (secondary N) is 1. The molecule has 1 aromatic heterocycles. The molecule has 2 aromatic carbocycles. The van der Waals surface area contributed by atoms with E-state index in [1.807, 2.05) is 31.2 Å². The highest BCUT2D eigenvalue weighted by molar-refractivity contribution is 5.61. The number of hydrogen-bond acceptors (Lipinski definition) is 5. The fourth-order valence-corrected chi connectivity index (χ4v) is 3.78. The number of nitrogens with zero attached hydrogens (tertiary/aromatic N) is 4. The van der Waals surface area contributed by atoms with Crippen molar-refractivity contribution in [2.75, 3.05) is 43.1 Å². The van der Waals surface area contributed by atoms with Gasteiger partial charge in [0.1, 0.15) is 5.75 Å². The van der Waals surface area contributed by atoms with E-state index in [1.165, 1.54) is 16.1 Å². The summed E-state index contributed by atoms with van der Waals surface area (Å²) in [5.41, 5.74) is 3.19. The lowest BCUT2D eigenvalue weighted by molar-refractivity contribution is 0.415. The van der Waals surface area contributed by atoms with Crippen molar-refractivity contribution in [1.29, 1.82) is 0 Å². The van der Waals surface area contributed by atoms with Gasteiger partial charge in [0.15, 0.2) is 5.82 Å². The molecule has 0 radical (unpaired) electrons. The van der Waals surface area contributed by atoms with Gasteiger partial charge in [-0.25, -0.2) is 9.48 Å². The highest BCUT2D eigenvalue weighted by Crippen LogP contribution is 2.24. The summed E-state index contributed by atoms with van der Waals surface area (Å²) in [4.78, 5) is 19.8. The van der Waals surface area contributed by atoms with Gasteiger partial charge in [0, 0.05) is 43.1 Å². The Balaban J connectivity index is 1.41. The lowest BCUT2D eigenvalue weighted by Crippen LogP contribution is -2.46. The smallest absolute Gasteiger partial charge is 0.343 e. The molecular formula is C23H29N5O2. The van der Waals surface area contributed by atoms with Gasteiger partial charge in [-0.05, 0) is 61.9 Å². The number of anilines is 2. The van der Waals surface area contributed by atoms with Gasteiger partial charge in [-0.1, -0.05) is 6.92 Å². The zero-order valence-corrected chi connectivity index (χ0v) is 17.8. The third-order valence-corrected chi connectivity index (χ3v) is 5.87. The summed E-state index contributed by atoms with van der Waals surface area (Å²) < 4.78 is 6.78. The molecule has 7 heteroatoms. The maximum absolute atomic E-state index is 12.1. The summed E-state index contributed by atoms with van der Waals surface area (Å²) in [6.45, 7) is 7.92. The molecule has 1 aliphatic heterocycles. The van der Waals surface area contributed by atoms with Crippen LogP contribution in [-0.4, -0.2) is 48.1 Å². The maximum atomic E-state index is 12.1. The average Bonchev–Trinajstić information content (AvgIpc) is 3.20. The van der Waals surface area contributed by atoms with Gasteiger partial charge in [-0.2, -0.15) is 0 Å². The molecule has 1 N–H and O–H groups in total. The summed E-state index contributed by atoms with van der Waals surface area (Å²) in [6.07, 6.45) is 0.867. The van der Waals surface area contributed by atoms with Crippen LogP contribution in [0.3, 0.4) is 0 Å². The fourth-order valence-electron chi connectivity index (χ4n) is 3.78. The van der Waals surface area contributed by atoms with Gasteiger partial charge < -0.3 is 14.5 Å². The van der Waals surface area contributed by atoms with E-state index in [2.05, 4.69) is 51.1 Å². The molecule has 3 aromatic rings. The summed E-state index contributed by atoms with van der Waals surface area (Å²) in [6, 6.07) is 16.6. The van der Waals surface area contributed by atoms with Crippen molar-refractivity contribution in [2.24, 2.45) is 0 Å². The topological polar surface area (TPSA) is 66.4 Å². The Morgan fingerprint density at radius 2 is 1.50 bits per heavy atom. The molecule has 30 heavy (non-hydrogen) atoms. The molecule has 2 heterocycles. The third-order valence-electron chi connectivity index (χ3n) is 5.87. The van der Waals surface area contributed by atoms with Crippen molar-refractivity contribution in [3.05, 3.63) is 59.0 Å². The first-order valence-electron chi connectivity index (χ1n) is 10.5. The molecular weight excluding hydrogens is 378 g/mol. The van der Waals surface area contributed by atoms with Crippen LogP contribution in [0.5, 0.6) is 5.75 Å². The van der Waals surface area contributed by atoms with Crippen LogP contribution >= 0.6 is 0 Å². The van der Waals surface area contributed by atoms with Gasteiger partial charge in [0.2, 0.25) is 0 Å². The Bertz CT molecular complexity index is 1010. The minimum absolute atomic E-state index is 0.0868. The first kappa shape index (κ1) is 20.1. The summed E-state index contributed by atoms with van der Waals surface area (Å²) in [5, 5.41) is 4.47. The van der Waals surface area contributed by atoms with E-state index < -0.39 is 0 Å². The predicted octanol–water partition coefficient (Wildman–Crippen LogP) is 3.54. The van der Waals surface area contributed by atoms with Gasteiger partial charge >= 0.3 is 5.69 Å². The standard InChI is InChI=1S/C23H29N5O2/c1-4-17(2)28-23(29)24-22(25-28)18-5-7-19(8-6-18)26-13-15-27(16-14-26)20-9-11-21(30-3)12-10-20/h5-12,17H,4,13-16H2,1-3H3,(H,24,25,29). The van der Waals surface area contributed by atoms with E-state index >= 15 is 0 Å². The van der Waals surface area contributed by atoms with E-state index in [1.54, 1.807) is 7.11 Å². The van der Waals surface area contributed by atoms with E-state index in [4.69, 9.17) is 4.74 Å². The molecule has 1 atom stereocenters. The molecule has 0 bridgehead atoms. The zero-order chi connectivity index (χ0) is 21.1. The van der Waals surface area contributed by atoms with Gasteiger partial charge in [-0.15, -0.1) is 5.10 Å². The molecule has 0 amide bonds. The minimum Gasteiger partial charge on any atom is -0.497 e. The van der Waals surface area contributed by atoms with Crippen molar-refractivity contribution >= 4 is 11.4 Å². The Hall–Kier alpha value is -3.22. The van der Waals surface area contributed by atoms with Gasteiger partial charge in [-0.3, -0.25) is 4.98 Å². The Kier molecular flexibility index (Phi) is 5.79. The van der Waals surface area contributed by atoms with Crippen LogP contribution in [0.2, 0.25) is 0 Å². The quantitative estimate of drug-likeness (QED) is 0.677. The Morgan fingerprint density at radius 3 is 2.00 bits per heavy atom. The summed E-state index contributed by atoms with van der Waals surface area (Å²) >= 11 is 0. The zero-order valence-electron chi connectivity index (χ0n) is 17.8. The molecule has 0 spiro atoms. The number of rotatable bonds is 6. The maximum Gasteiger partial charge on any atom is 0.343 e. The van der Waals surface area contributed by atoms with Crippen LogP contribution in [0.4, 0.5) is 11.4 Å². The molecule has 7 nitrogen and oxygen atoms in total. The van der Waals surface area contributed by atoms with Crippen LogP contribution < -0.4 is 20.2 Å². The van der Waals surface area contributed by atoms with Gasteiger partial charge in [0.05, 0.1) is 13.2 Å². The van der Waals surface area contributed by atoms with Crippen LogP contribution in [0.15, 0.2) is 53.3 Å². The van der Waals surface area contributed by atoms with Gasteiger partial charge in [0.25, 0.3) is 0 Å². The summed E-state index contributed by atoms with van der Waals surface area (Å²) in [7, 11) is 1.69. The predicted molar refractivity (Wildman–Crippen MR) is 121 cm³/mol. The van der Waals surface area contributed by atoms with Crippen molar-refractivity contribution < 1.29 is 4.74 Å². The fraction of sp³-hybridized carbons (Fsp3) is 0.391. The number of benzene rings is 2. The number of H-pyrrole nitrogens is 1. The molecule has 0 aliphatic carbocycles. The Morgan fingerprint density at radius 1 is 0.967 bits per heavy atom. The number of ether oxygens (including phenoxy) is 1. The largest absolute Gasteiger partial charge is 0.497 e. The lowest BCUT2D eigenvalue weighted by atomic mass is 10.1. The highest BCUT2D eigenvalue weighted by atomic mass is 16.5. The molecule has 1 unspecified atom stereocenters. The number of aromatic nitrogens is 3. The first-order chi connectivity index (χ1) is 14.6. The highest BCUT2D eigenvalue weighted by Gasteiger charge is 2.18. The molecule has 0 saturated carbocycles.